The Morgan fingerprint density at radius 3 is 2.57 bits per heavy atom. The average molecular weight is 316 g/mol. The van der Waals surface area contributed by atoms with Gasteiger partial charge in [0.15, 0.2) is 0 Å². The Balaban J connectivity index is 1.88. The van der Waals surface area contributed by atoms with Crippen molar-refractivity contribution in [2.45, 2.75) is 18.9 Å². The molecule has 1 atom stereocenters. The molecule has 8 nitrogen and oxygen atoms in total. The number of hydrogen-bond donors (Lipinski definition) is 1. The van der Waals surface area contributed by atoms with Crippen molar-refractivity contribution in [1.82, 2.24) is 14.5 Å². The summed E-state index contributed by atoms with van der Waals surface area (Å²) in [5.74, 6) is 0.342. The van der Waals surface area contributed by atoms with Crippen molar-refractivity contribution < 1.29 is 4.92 Å². The lowest BCUT2D eigenvalue weighted by atomic mass is 9.84. The van der Waals surface area contributed by atoms with Gasteiger partial charge in [-0.3, -0.25) is 19.5 Å². The SMILES string of the molecule is O=c1[nH]c2cc([N+](=O)[O-])ccc2c(=O)n1C1CN2CCC1CC2. The van der Waals surface area contributed by atoms with Crippen molar-refractivity contribution in [3.8, 4) is 0 Å². The Hall–Kier alpha value is -2.48. The summed E-state index contributed by atoms with van der Waals surface area (Å²) in [5, 5.41) is 11.2. The third kappa shape index (κ3) is 2.17. The molecule has 1 aromatic heterocycles. The van der Waals surface area contributed by atoms with Crippen molar-refractivity contribution in [1.29, 1.82) is 0 Å². The van der Waals surface area contributed by atoms with E-state index in [-0.39, 0.29) is 22.8 Å². The summed E-state index contributed by atoms with van der Waals surface area (Å²) in [5.41, 5.74) is -0.779. The highest BCUT2D eigenvalue weighted by Gasteiger charge is 2.36. The van der Waals surface area contributed by atoms with Gasteiger partial charge in [0.1, 0.15) is 0 Å². The summed E-state index contributed by atoms with van der Waals surface area (Å²) >= 11 is 0. The number of fused-ring (bicyclic) bond motifs is 4. The van der Waals surface area contributed by atoms with Crippen LogP contribution in [0.3, 0.4) is 0 Å². The van der Waals surface area contributed by atoms with E-state index in [0.717, 1.165) is 25.9 Å². The second kappa shape index (κ2) is 5.02. The molecule has 1 N–H and O–H groups in total. The van der Waals surface area contributed by atoms with E-state index in [1.54, 1.807) is 0 Å². The number of nitrogens with zero attached hydrogens (tertiary/aromatic N) is 3. The summed E-state index contributed by atoms with van der Waals surface area (Å²) in [7, 11) is 0. The van der Waals surface area contributed by atoms with E-state index >= 15 is 0 Å². The van der Waals surface area contributed by atoms with Crippen LogP contribution in [0.4, 0.5) is 5.69 Å². The molecule has 1 unspecified atom stereocenters. The third-order valence-corrected chi connectivity index (χ3v) is 5.08. The predicted octanol–water partition coefficient (Wildman–Crippen LogP) is 0.865. The molecule has 0 radical (unpaired) electrons. The first kappa shape index (κ1) is 14.1. The summed E-state index contributed by atoms with van der Waals surface area (Å²) < 4.78 is 1.31. The van der Waals surface area contributed by atoms with E-state index in [9.17, 15) is 19.7 Å². The Morgan fingerprint density at radius 2 is 1.96 bits per heavy atom. The maximum atomic E-state index is 12.8. The zero-order chi connectivity index (χ0) is 16.1. The number of non-ortho nitro benzene ring substituents is 1. The molecule has 2 bridgehead atoms. The van der Waals surface area contributed by atoms with Gasteiger partial charge < -0.3 is 9.88 Å². The molecule has 0 amide bonds. The highest BCUT2D eigenvalue weighted by atomic mass is 16.6. The van der Waals surface area contributed by atoms with Gasteiger partial charge in [0, 0.05) is 18.7 Å². The average Bonchev–Trinajstić information content (AvgIpc) is 2.55. The Morgan fingerprint density at radius 1 is 1.22 bits per heavy atom. The number of nitro benzene ring substituents is 1. The number of rotatable bonds is 2. The number of hydrogen-bond acceptors (Lipinski definition) is 5. The zero-order valence-corrected chi connectivity index (χ0v) is 12.4. The maximum Gasteiger partial charge on any atom is 0.329 e. The lowest BCUT2D eigenvalue weighted by molar-refractivity contribution is -0.384. The van der Waals surface area contributed by atoms with Gasteiger partial charge >= 0.3 is 5.69 Å². The van der Waals surface area contributed by atoms with Gasteiger partial charge in [0.05, 0.1) is 21.9 Å². The van der Waals surface area contributed by atoms with Crippen LogP contribution in [0.25, 0.3) is 10.9 Å². The topological polar surface area (TPSA) is 101 Å². The Labute approximate surface area is 130 Å². The van der Waals surface area contributed by atoms with E-state index in [1.807, 2.05) is 0 Å². The first-order valence-electron chi connectivity index (χ1n) is 7.70. The van der Waals surface area contributed by atoms with Crippen LogP contribution >= 0.6 is 0 Å². The molecule has 8 heteroatoms. The minimum atomic E-state index is -0.545. The third-order valence-electron chi connectivity index (χ3n) is 5.08. The van der Waals surface area contributed by atoms with Crippen molar-refractivity contribution in [2.75, 3.05) is 19.6 Å². The molecule has 120 valence electrons. The number of H-pyrrole nitrogens is 1. The van der Waals surface area contributed by atoms with Gasteiger partial charge in [-0.2, -0.15) is 0 Å². The molecule has 23 heavy (non-hydrogen) atoms. The quantitative estimate of drug-likeness (QED) is 0.654. The van der Waals surface area contributed by atoms with Crippen LogP contribution in [0, 0.1) is 16.0 Å². The first-order valence-corrected chi connectivity index (χ1v) is 7.70. The van der Waals surface area contributed by atoms with E-state index in [2.05, 4.69) is 9.88 Å². The molecule has 1 aromatic carbocycles. The minimum absolute atomic E-state index is 0.117. The zero-order valence-electron chi connectivity index (χ0n) is 12.4. The largest absolute Gasteiger partial charge is 0.329 e. The molecule has 3 saturated heterocycles. The van der Waals surface area contributed by atoms with Gasteiger partial charge in [0.25, 0.3) is 11.2 Å². The lowest BCUT2D eigenvalue weighted by Crippen LogP contribution is -2.53. The summed E-state index contributed by atoms with van der Waals surface area (Å²) in [6.45, 7) is 2.76. The first-order chi connectivity index (χ1) is 11.0. The molecule has 0 spiro atoms. The van der Waals surface area contributed by atoms with Crippen molar-refractivity contribution in [3.05, 3.63) is 49.2 Å². The fourth-order valence-corrected chi connectivity index (χ4v) is 3.86. The maximum absolute atomic E-state index is 12.8. The second-order valence-corrected chi connectivity index (χ2v) is 6.30. The number of nitrogens with one attached hydrogen (secondary N) is 1. The number of piperidine rings is 3. The molecule has 2 aromatic rings. The lowest BCUT2D eigenvalue weighted by Gasteiger charge is -2.44. The molecular formula is C15H16N4O4. The molecule has 3 fully saturated rings. The molecule has 0 aliphatic carbocycles. The standard InChI is InChI=1S/C15H16N4O4/c20-14-11-2-1-10(19(22)23)7-12(11)16-15(21)18(14)13-8-17-5-3-9(13)4-6-17/h1-2,7,9,13H,3-6,8H2,(H,16,21). The van der Waals surface area contributed by atoms with Crippen LogP contribution in [0.2, 0.25) is 0 Å². The van der Waals surface area contributed by atoms with Crippen LogP contribution in [-0.2, 0) is 0 Å². The summed E-state index contributed by atoms with van der Waals surface area (Å²) in [6, 6.07) is 3.83. The monoisotopic (exact) mass is 316 g/mol. The molecule has 3 aliphatic rings. The van der Waals surface area contributed by atoms with Crippen LogP contribution in [-0.4, -0.2) is 39.0 Å². The van der Waals surface area contributed by atoms with Crippen LogP contribution in [0.15, 0.2) is 27.8 Å². The normalized spacial score (nSPS) is 26.5. The highest BCUT2D eigenvalue weighted by Crippen LogP contribution is 2.34. The van der Waals surface area contributed by atoms with Crippen molar-refractivity contribution >= 4 is 16.6 Å². The molecule has 5 rings (SSSR count). The van der Waals surface area contributed by atoms with Crippen molar-refractivity contribution in [2.24, 2.45) is 5.92 Å². The van der Waals surface area contributed by atoms with Gasteiger partial charge in [0.2, 0.25) is 0 Å². The smallest absolute Gasteiger partial charge is 0.306 e. The van der Waals surface area contributed by atoms with E-state index in [0.29, 0.717) is 17.8 Å². The van der Waals surface area contributed by atoms with Gasteiger partial charge in [-0.05, 0) is 37.9 Å². The number of aromatic nitrogens is 2. The Bertz CT molecular complexity index is 908. The fraction of sp³-hybridized carbons (Fsp3) is 0.467. The van der Waals surface area contributed by atoms with Gasteiger partial charge in [-0.15, -0.1) is 0 Å². The molecule has 4 heterocycles. The summed E-state index contributed by atoms with van der Waals surface area (Å²) in [6.07, 6.45) is 1.99. The predicted molar refractivity (Wildman–Crippen MR) is 83.7 cm³/mol. The number of benzene rings is 1. The fourth-order valence-electron chi connectivity index (χ4n) is 3.86. The van der Waals surface area contributed by atoms with E-state index in [1.165, 1.54) is 22.8 Å². The van der Waals surface area contributed by atoms with Crippen LogP contribution < -0.4 is 11.2 Å². The van der Waals surface area contributed by atoms with E-state index < -0.39 is 10.6 Å². The van der Waals surface area contributed by atoms with E-state index in [4.69, 9.17) is 0 Å². The van der Waals surface area contributed by atoms with Crippen molar-refractivity contribution in [3.63, 3.8) is 0 Å². The number of nitro groups is 1. The minimum Gasteiger partial charge on any atom is -0.306 e. The summed E-state index contributed by atoms with van der Waals surface area (Å²) in [4.78, 5) is 40.4. The highest BCUT2D eigenvalue weighted by molar-refractivity contribution is 5.79. The van der Waals surface area contributed by atoms with Gasteiger partial charge in [-0.1, -0.05) is 0 Å². The molecular weight excluding hydrogens is 300 g/mol. The van der Waals surface area contributed by atoms with Crippen LogP contribution in [0.1, 0.15) is 18.9 Å². The Kier molecular flexibility index (Phi) is 3.08. The second-order valence-electron chi connectivity index (χ2n) is 6.30. The molecule has 3 aliphatic heterocycles. The van der Waals surface area contributed by atoms with Gasteiger partial charge in [-0.25, -0.2) is 4.79 Å². The van der Waals surface area contributed by atoms with Crippen LogP contribution in [0.5, 0.6) is 0 Å². The number of aromatic amines is 1. The molecule has 0 saturated carbocycles.